The van der Waals surface area contributed by atoms with Gasteiger partial charge in [-0.05, 0) is 42.8 Å². The fourth-order valence-corrected chi connectivity index (χ4v) is 3.40. The number of aryl methyl sites for hydroxylation is 1. The molecule has 5 nitrogen and oxygen atoms in total. The molecular formula is C21H15ClN2O3S. The van der Waals surface area contributed by atoms with Crippen LogP contribution in [-0.2, 0) is 0 Å². The third-order valence-electron chi connectivity index (χ3n) is 3.76. The second-order valence-electron chi connectivity index (χ2n) is 5.74. The number of nitrogens with zero attached hydrogens (tertiary/aromatic N) is 2. The zero-order valence-electron chi connectivity index (χ0n) is 15.1. The fourth-order valence-electron chi connectivity index (χ4n) is 2.43. The maximum atomic E-state index is 12.4. The quantitative estimate of drug-likeness (QED) is 0.320. The molecule has 7 heteroatoms. The monoisotopic (exact) mass is 410 g/mol. The number of esters is 1. The van der Waals surface area contributed by atoms with Crippen molar-refractivity contribution in [2.24, 2.45) is 0 Å². The summed E-state index contributed by atoms with van der Waals surface area (Å²) < 4.78 is 10.8. The van der Waals surface area contributed by atoms with Gasteiger partial charge in [-0.1, -0.05) is 29.8 Å². The highest BCUT2D eigenvalue weighted by molar-refractivity contribution is 7.11. The molecule has 0 atom stereocenters. The number of carbonyl (C=O) groups excluding carboxylic acids is 1. The van der Waals surface area contributed by atoms with Crippen LogP contribution in [-0.4, -0.2) is 18.1 Å². The van der Waals surface area contributed by atoms with E-state index in [1.54, 1.807) is 48.5 Å². The van der Waals surface area contributed by atoms with Crippen LogP contribution >= 0.6 is 22.9 Å². The normalized spacial score (nSPS) is 11.0. The van der Waals surface area contributed by atoms with E-state index in [-0.39, 0.29) is 11.3 Å². The lowest BCUT2D eigenvalue weighted by Crippen LogP contribution is -2.09. The standard InChI is InChI=1S/C21H15ClN2O3S/c1-13-12-28-20(24-13)15(11-23)9-14-7-8-18(19(10-14)26-2)27-21(25)16-5-3-4-6-17(16)22/h3-10,12H,1-2H3/b15-9+. The second-order valence-corrected chi connectivity index (χ2v) is 7.01. The Morgan fingerprint density at radius 2 is 2.04 bits per heavy atom. The molecule has 1 heterocycles. The minimum atomic E-state index is -0.580. The minimum absolute atomic E-state index is 0.258. The summed E-state index contributed by atoms with van der Waals surface area (Å²) in [6.45, 7) is 1.88. The van der Waals surface area contributed by atoms with Gasteiger partial charge in [-0.3, -0.25) is 0 Å². The van der Waals surface area contributed by atoms with E-state index in [4.69, 9.17) is 21.1 Å². The smallest absolute Gasteiger partial charge is 0.345 e. The second kappa shape index (κ2) is 8.70. The Morgan fingerprint density at radius 1 is 1.25 bits per heavy atom. The molecule has 0 unspecified atom stereocenters. The van der Waals surface area contributed by atoms with E-state index >= 15 is 0 Å². The van der Waals surface area contributed by atoms with Gasteiger partial charge < -0.3 is 9.47 Å². The van der Waals surface area contributed by atoms with Gasteiger partial charge >= 0.3 is 5.97 Å². The van der Waals surface area contributed by atoms with Gasteiger partial charge in [0.2, 0.25) is 0 Å². The van der Waals surface area contributed by atoms with Crippen molar-refractivity contribution >= 4 is 40.6 Å². The molecule has 140 valence electrons. The molecule has 28 heavy (non-hydrogen) atoms. The number of benzene rings is 2. The van der Waals surface area contributed by atoms with E-state index in [1.165, 1.54) is 18.4 Å². The lowest BCUT2D eigenvalue weighted by atomic mass is 10.1. The summed E-state index contributed by atoms with van der Waals surface area (Å²) in [5.74, 6) is 0.0399. The van der Waals surface area contributed by atoms with Crippen LogP contribution < -0.4 is 9.47 Å². The number of ether oxygens (including phenoxy) is 2. The van der Waals surface area contributed by atoms with Gasteiger partial charge in [0.05, 0.1) is 23.3 Å². The molecule has 3 rings (SSSR count). The lowest BCUT2D eigenvalue weighted by molar-refractivity contribution is 0.0730. The molecular weight excluding hydrogens is 396 g/mol. The van der Waals surface area contributed by atoms with Gasteiger partial charge in [-0.2, -0.15) is 5.26 Å². The highest BCUT2D eigenvalue weighted by Crippen LogP contribution is 2.31. The van der Waals surface area contributed by atoms with E-state index in [1.807, 2.05) is 12.3 Å². The predicted molar refractivity (Wildman–Crippen MR) is 110 cm³/mol. The molecule has 0 spiro atoms. The number of nitriles is 1. The van der Waals surface area contributed by atoms with E-state index in [2.05, 4.69) is 11.1 Å². The molecule has 0 saturated carbocycles. The third-order valence-corrected chi connectivity index (χ3v) is 5.09. The van der Waals surface area contributed by atoms with E-state index in [0.717, 1.165) is 11.3 Å². The summed E-state index contributed by atoms with van der Waals surface area (Å²) in [4.78, 5) is 16.7. The van der Waals surface area contributed by atoms with Crippen LogP contribution in [0, 0.1) is 18.3 Å². The maximum Gasteiger partial charge on any atom is 0.345 e. The average molecular weight is 411 g/mol. The third kappa shape index (κ3) is 4.39. The Hall–Kier alpha value is -3.14. The molecule has 0 radical (unpaired) electrons. The van der Waals surface area contributed by atoms with Crippen molar-refractivity contribution in [3.8, 4) is 17.6 Å². The molecule has 0 bridgehead atoms. The van der Waals surface area contributed by atoms with Crippen LogP contribution in [0.4, 0.5) is 0 Å². The van der Waals surface area contributed by atoms with Gasteiger partial charge in [-0.25, -0.2) is 9.78 Å². The fraction of sp³-hybridized carbons (Fsp3) is 0.0952. The largest absolute Gasteiger partial charge is 0.493 e. The average Bonchev–Trinajstić information content (AvgIpc) is 3.13. The van der Waals surface area contributed by atoms with Crippen molar-refractivity contribution in [3.05, 3.63) is 74.7 Å². The minimum Gasteiger partial charge on any atom is -0.493 e. The number of hydrogen-bond donors (Lipinski definition) is 0. The Morgan fingerprint density at radius 3 is 2.68 bits per heavy atom. The predicted octanol–water partition coefficient (Wildman–Crippen LogP) is 5.40. The molecule has 3 aromatic rings. The van der Waals surface area contributed by atoms with E-state index in [0.29, 0.717) is 21.4 Å². The first-order valence-electron chi connectivity index (χ1n) is 8.21. The first-order chi connectivity index (χ1) is 13.5. The number of hydrogen-bond acceptors (Lipinski definition) is 6. The van der Waals surface area contributed by atoms with Gasteiger partial charge in [0.25, 0.3) is 0 Å². The number of rotatable bonds is 5. The van der Waals surface area contributed by atoms with Crippen LogP contribution in [0.3, 0.4) is 0 Å². The molecule has 0 aliphatic rings. The topological polar surface area (TPSA) is 72.2 Å². The van der Waals surface area contributed by atoms with Crippen LogP contribution in [0.2, 0.25) is 5.02 Å². The molecule has 0 N–H and O–H groups in total. The van der Waals surface area contributed by atoms with Crippen molar-refractivity contribution in [1.29, 1.82) is 5.26 Å². The zero-order chi connectivity index (χ0) is 20.1. The number of halogens is 1. The van der Waals surface area contributed by atoms with Crippen LogP contribution in [0.15, 0.2) is 47.8 Å². The Kier molecular flexibility index (Phi) is 6.09. The highest BCUT2D eigenvalue weighted by Gasteiger charge is 2.15. The summed E-state index contributed by atoms with van der Waals surface area (Å²) in [6.07, 6.45) is 1.71. The summed E-state index contributed by atoms with van der Waals surface area (Å²) in [7, 11) is 1.48. The summed E-state index contributed by atoms with van der Waals surface area (Å²) >= 11 is 7.45. The molecule has 0 amide bonds. The zero-order valence-corrected chi connectivity index (χ0v) is 16.7. The highest BCUT2D eigenvalue weighted by atomic mass is 35.5. The molecule has 0 aliphatic heterocycles. The number of carbonyl (C=O) groups is 1. The van der Waals surface area contributed by atoms with Gasteiger partial charge in [0.15, 0.2) is 11.5 Å². The first kappa shape index (κ1) is 19.6. The number of allylic oxidation sites excluding steroid dienone is 1. The van der Waals surface area contributed by atoms with Crippen molar-refractivity contribution < 1.29 is 14.3 Å². The van der Waals surface area contributed by atoms with Crippen molar-refractivity contribution in [1.82, 2.24) is 4.98 Å². The van der Waals surface area contributed by atoms with Crippen molar-refractivity contribution in [2.75, 3.05) is 7.11 Å². The van der Waals surface area contributed by atoms with Crippen molar-refractivity contribution in [2.45, 2.75) is 6.92 Å². The van der Waals surface area contributed by atoms with Gasteiger partial charge in [-0.15, -0.1) is 11.3 Å². The first-order valence-corrected chi connectivity index (χ1v) is 9.46. The summed E-state index contributed by atoms with van der Waals surface area (Å²) in [5.41, 5.74) is 2.29. The number of thiazole rings is 1. The molecule has 1 aromatic heterocycles. The summed E-state index contributed by atoms with van der Waals surface area (Å²) in [6, 6.07) is 13.8. The molecule has 2 aromatic carbocycles. The molecule has 0 saturated heterocycles. The summed E-state index contributed by atoms with van der Waals surface area (Å²) in [5, 5.41) is 12.3. The molecule has 0 fully saturated rings. The lowest BCUT2D eigenvalue weighted by Gasteiger charge is -2.10. The Bertz CT molecular complexity index is 1100. The van der Waals surface area contributed by atoms with Crippen LogP contribution in [0.1, 0.15) is 26.6 Å². The maximum absolute atomic E-state index is 12.4. The van der Waals surface area contributed by atoms with Gasteiger partial charge in [0, 0.05) is 11.1 Å². The van der Waals surface area contributed by atoms with Crippen LogP contribution in [0.5, 0.6) is 11.5 Å². The SMILES string of the molecule is COc1cc(/C=C(\C#N)c2nc(C)cs2)ccc1OC(=O)c1ccccc1Cl. The van der Waals surface area contributed by atoms with Gasteiger partial charge in [0.1, 0.15) is 11.1 Å². The van der Waals surface area contributed by atoms with Crippen molar-refractivity contribution in [3.63, 3.8) is 0 Å². The van der Waals surface area contributed by atoms with E-state index in [9.17, 15) is 10.1 Å². The van der Waals surface area contributed by atoms with E-state index < -0.39 is 5.97 Å². The molecule has 0 aliphatic carbocycles. The number of methoxy groups -OCH3 is 1. The Balaban J connectivity index is 1.88. The van der Waals surface area contributed by atoms with Crippen LogP contribution in [0.25, 0.3) is 11.6 Å². The number of aromatic nitrogens is 1. The Labute approximate surface area is 171 Å².